The molecule has 164 valence electrons. The molecule has 1 amide bonds. The van der Waals surface area contributed by atoms with Crippen molar-refractivity contribution in [3.8, 4) is 5.75 Å². The molecule has 0 spiro atoms. The van der Waals surface area contributed by atoms with Crippen LogP contribution in [0.15, 0.2) is 36.4 Å². The lowest BCUT2D eigenvalue weighted by atomic mass is 10.0. The average molecular weight is 433 g/mol. The number of halogens is 3. The Balaban J connectivity index is 1.54. The molecule has 2 heterocycles. The van der Waals surface area contributed by atoms with E-state index in [1.54, 1.807) is 6.07 Å². The highest BCUT2D eigenvalue weighted by molar-refractivity contribution is 6.09. The van der Waals surface area contributed by atoms with Crippen molar-refractivity contribution in [1.82, 2.24) is 15.1 Å². The van der Waals surface area contributed by atoms with Crippen LogP contribution >= 0.6 is 0 Å². The molecule has 1 N–H and O–H groups in total. The van der Waals surface area contributed by atoms with Gasteiger partial charge in [-0.25, -0.2) is 0 Å². The molecule has 0 saturated heterocycles. The van der Waals surface area contributed by atoms with Crippen LogP contribution in [0.25, 0.3) is 10.8 Å². The zero-order valence-electron chi connectivity index (χ0n) is 17.0. The number of hydrogen-bond donors (Lipinski definition) is 1. The van der Waals surface area contributed by atoms with Gasteiger partial charge in [0.2, 0.25) is 0 Å². The highest BCUT2D eigenvalue weighted by Gasteiger charge is 2.39. The lowest BCUT2D eigenvalue weighted by Crippen LogP contribution is -2.29. The van der Waals surface area contributed by atoms with Crippen molar-refractivity contribution in [2.75, 3.05) is 19.8 Å². The summed E-state index contributed by atoms with van der Waals surface area (Å²) in [4.78, 5) is 13.0. The normalized spacial score (nSPS) is 13.8. The fourth-order valence-corrected chi connectivity index (χ4v) is 3.85. The van der Waals surface area contributed by atoms with Gasteiger partial charge in [-0.2, -0.15) is 18.3 Å². The largest absolute Gasteiger partial charge is 0.493 e. The summed E-state index contributed by atoms with van der Waals surface area (Å²) >= 11 is 0. The summed E-state index contributed by atoms with van der Waals surface area (Å²) < 4.78 is 52.1. The van der Waals surface area contributed by atoms with Crippen molar-refractivity contribution >= 4 is 16.7 Å². The molecule has 0 bridgehead atoms. The van der Waals surface area contributed by atoms with Gasteiger partial charge in [0.05, 0.1) is 31.9 Å². The molecular weight excluding hydrogens is 411 g/mol. The standard InChI is InChI=1S/C22H22F3N3O3/c1-2-31-18-8-7-14-5-3-4-6-15(14)19(18)21(29)26-10-11-28-17-9-12-30-13-16(17)20(27-28)22(23,24)25/h3-8H,2,9-13H2,1H3,(H,26,29). The number of rotatable bonds is 6. The molecule has 0 unspecified atom stereocenters. The van der Waals surface area contributed by atoms with Crippen molar-refractivity contribution in [3.05, 3.63) is 58.9 Å². The molecule has 31 heavy (non-hydrogen) atoms. The van der Waals surface area contributed by atoms with E-state index >= 15 is 0 Å². The van der Waals surface area contributed by atoms with Crippen LogP contribution in [0.5, 0.6) is 5.75 Å². The van der Waals surface area contributed by atoms with E-state index in [1.807, 2.05) is 37.3 Å². The number of aromatic nitrogens is 2. The fourth-order valence-electron chi connectivity index (χ4n) is 3.85. The minimum atomic E-state index is -4.55. The Morgan fingerprint density at radius 1 is 1.26 bits per heavy atom. The molecule has 9 heteroatoms. The van der Waals surface area contributed by atoms with Gasteiger partial charge in [0.25, 0.3) is 5.91 Å². The second-order valence-electron chi connectivity index (χ2n) is 7.15. The van der Waals surface area contributed by atoms with Crippen molar-refractivity contribution < 1.29 is 27.4 Å². The van der Waals surface area contributed by atoms with Gasteiger partial charge in [-0.3, -0.25) is 9.48 Å². The van der Waals surface area contributed by atoms with E-state index < -0.39 is 11.9 Å². The molecular formula is C22H22F3N3O3. The molecule has 0 radical (unpaired) electrons. The Hall–Kier alpha value is -3.07. The van der Waals surface area contributed by atoms with Gasteiger partial charge >= 0.3 is 6.18 Å². The van der Waals surface area contributed by atoms with Gasteiger partial charge in [0.1, 0.15) is 5.75 Å². The summed E-state index contributed by atoms with van der Waals surface area (Å²) in [5.74, 6) is 0.118. The van der Waals surface area contributed by atoms with Crippen LogP contribution in [0.4, 0.5) is 13.2 Å². The lowest BCUT2D eigenvalue weighted by molar-refractivity contribution is -0.142. The maximum atomic E-state index is 13.3. The average Bonchev–Trinajstić information content (AvgIpc) is 3.13. The summed E-state index contributed by atoms with van der Waals surface area (Å²) in [6, 6.07) is 11.1. The van der Waals surface area contributed by atoms with Gasteiger partial charge in [-0.1, -0.05) is 30.3 Å². The Morgan fingerprint density at radius 3 is 2.84 bits per heavy atom. The fraction of sp³-hybridized carbons (Fsp3) is 0.364. The molecule has 1 aromatic heterocycles. The highest BCUT2D eigenvalue weighted by Crippen LogP contribution is 2.34. The smallest absolute Gasteiger partial charge is 0.435 e. The first-order valence-electron chi connectivity index (χ1n) is 10.1. The maximum absolute atomic E-state index is 13.3. The first kappa shape index (κ1) is 21.2. The number of nitrogens with zero attached hydrogens (tertiary/aromatic N) is 2. The van der Waals surface area contributed by atoms with E-state index in [-0.39, 0.29) is 31.2 Å². The van der Waals surface area contributed by atoms with E-state index in [4.69, 9.17) is 9.47 Å². The number of ether oxygens (including phenoxy) is 2. The summed E-state index contributed by atoms with van der Waals surface area (Å²) in [7, 11) is 0. The molecule has 1 aliphatic rings. The van der Waals surface area contributed by atoms with Crippen LogP contribution in [-0.2, 0) is 30.5 Å². The molecule has 0 aliphatic carbocycles. The molecule has 0 fully saturated rings. The van der Waals surface area contributed by atoms with E-state index in [0.29, 0.717) is 36.6 Å². The van der Waals surface area contributed by atoms with Crippen molar-refractivity contribution in [2.45, 2.75) is 32.7 Å². The lowest BCUT2D eigenvalue weighted by Gasteiger charge is -2.16. The van der Waals surface area contributed by atoms with Crippen molar-refractivity contribution in [1.29, 1.82) is 0 Å². The molecule has 0 atom stereocenters. The quantitative estimate of drug-likeness (QED) is 0.639. The topological polar surface area (TPSA) is 65.4 Å². The van der Waals surface area contributed by atoms with Crippen LogP contribution in [0, 0.1) is 0 Å². The second kappa shape index (κ2) is 8.58. The zero-order chi connectivity index (χ0) is 22.0. The predicted octanol–water partition coefficient (Wildman–Crippen LogP) is 3.96. The summed E-state index contributed by atoms with van der Waals surface area (Å²) in [5.41, 5.74) is 0.0822. The van der Waals surface area contributed by atoms with Gasteiger partial charge in [-0.05, 0) is 23.8 Å². The first-order valence-corrected chi connectivity index (χ1v) is 10.1. The van der Waals surface area contributed by atoms with Gasteiger partial charge < -0.3 is 14.8 Å². The Kier molecular flexibility index (Phi) is 5.86. The zero-order valence-corrected chi connectivity index (χ0v) is 17.0. The van der Waals surface area contributed by atoms with Crippen LogP contribution in [0.2, 0.25) is 0 Å². The minimum Gasteiger partial charge on any atom is -0.493 e. The van der Waals surface area contributed by atoms with Crippen LogP contribution in [0.1, 0.15) is 34.2 Å². The molecule has 0 saturated carbocycles. The predicted molar refractivity (Wildman–Crippen MR) is 108 cm³/mol. The van der Waals surface area contributed by atoms with E-state index in [0.717, 1.165) is 10.8 Å². The van der Waals surface area contributed by atoms with E-state index in [1.165, 1.54) is 4.68 Å². The number of nitrogens with one attached hydrogen (secondary N) is 1. The summed E-state index contributed by atoms with van der Waals surface area (Å²) in [6.45, 7) is 2.72. The number of carbonyl (C=O) groups is 1. The van der Waals surface area contributed by atoms with Crippen LogP contribution in [-0.4, -0.2) is 35.4 Å². The van der Waals surface area contributed by atoms with Crippen molar-refractivity contribution in [2.24, 2.45) is 0 Å². The molecule has 1 aliphatic heterocycles. The third-order valence-electron chi connectivity index (χ3n) is 5.19. The van der Waals surface area contributed by atoms with Crippen LogP contribution < -0.4 is 10.1 Å². The van der Waals surface area contributed by atoms with Gasteiger partial charge in [0, 0.05) is 24.2 Å². The second-order valence-corrected chi connectivity index (χ2v) is 7.15. The molecule has 2 aromatic carbocycles. The number of hydrogen-bond acceptors (Lipinski definition) is 4. The van der Waals surface area contributed by atoms with Crippen molar-refractivity contribution in [3.63, 3.8) is 0 Å². The molecule has 3 aromatic rings. The Labute approximate surface area is 176 Å². The van der Waals surface area contributed by atoms with Gasteiger partial charge in [-0.15, -0.1) is 0 Å². The number of benzene rings is 2. The molecule has 4 rings (SSSR count). The van der Waals surface area contributed by atoms with Gasteiger partial charge in [0.15, 0.2) is 5.69 Å². The first-order chi connectivity index (χ1) is 14.9. The maximum Gasteiger partial charge on any atom is 0.435 e. The number of carbonyl (C=O) groups excluding carboxylic acids is 1. The minimum absolute atomic E-state index is 0.0813. The Bertz CT molecular complexity index is 1110. The van der Waals surface area contributed by atoms with Crippen LogP contribution in [0.3, 0.4) is 0 Å². The Morgan fingerprint density at radius 2 is 2.06 bits per heavy atom. The monoisotopic (exact) mass is 433 g/mol. The molecule has 6 nitrogen and oxygen atoms in total. The summed E-state index contributed by atoms with van der Waals surface area (Å²) in [6.07, 6.45) is -4.20. The number of fused-ring (bicyclic) bond motifs is 2. The third-order valence-corrected chi connectivity index (χ3v) is 5.19. The van der Waals surface area contributed by atoms with E-state index in [9.17, 15) is 18.0 Å². The number of alkyl halides is 3. The SMILES string of the molecule is CCOc1ccc2ccccc2c1C(=O)NCCn1nc(C(F)(F)F)c2c1CCOC2. The van der Waals surface area contributed by atoms with E-state index in [2.05, 4.69) is 10.4 Å². The highest BCUT2D eigenvalue weighted by atomic mass is 19.4. The summed E-state index contributed by atoms with van der Waals surface area (Å²) in [5, 5.41) is 8.21. The third kappa shape index (κ3) is 4.23. The number of amides is 1.